The number of hydrogen-bond donors (Lipinski definition) is 0. The summed E-state index contributed by atoms with van der Waals surface area (Å²) >= 11 is 0. The summed E-state index contributed by atoms with van der Waals surface area (Å²) in [5, 5.41) is 0. The predicted molar refractivity (Wildman–Crippen MR) is 116 cm³/mol. The topological polar surface area (TPSA) is 60.8 Å². The summed E-state index contributed by atoms with van der Waals surface area (Å²) in [6.07, 6.45) is 5.55. The smallest absolute Gasteiger partial charge is 0.253 e. The molecule has 1 spiro atoms. The summed E-state index contributed by atoms with van der Waals surface area (Å²) in [4.78, 5) is 27.6. The minimum absolute atomic E-state index is 0.0121. The first-order valence-corrected chi connectivity index (χ1v) is 10.5. The van der Waals surface area contributed by atoms with Crippen LogP contribution in [0.25, 0.3) is 5.69 Å². The molecule has 0 radical (unpaired) electrons. The molecule has 3 aromatic rings. The summed E-state index contributed by atoms with van der Waals surface area (Å²) in [6, 6.07) is 16.9. The highest BCUT2D eigenvalue weighted by Gasteiger charge is 2.43. The average Bonchev–Trinajstić information content (AvgIpc) is 3.34. The van der Waals surface area contributed by atoms with Crippen molar-refractivity contribution in [2.24, 2.45) is 0 Å². The number of ketones is 1. The second-order valence-electron chi connectivity index (χ2n) is 8.18. The van der Waals surface area contributed by atoms with Gasteiger partial charge in [0.15, 0.2) is 5.78 Å². The van der Waals surface area contributed by atoms with Gasteiger partial charge in [-0.3, -0.25) is 9.59 Å². The van der Waals surface area contributed by atoms with Crippen molar-refractivity contribution in [3.8, 4) is 17.2 Å². The van der Waals surface area contributed by atoms with Crippen molar-refractivity contribution in [2.45, 2.75) is 24.9 Å². The van der Waals surface area contributed by atoms with E-state index in [9.17, 15) is 9.59 Å². The van der Waals surface area contributed by atoms with Gasteiger partial charge < -0.3 is 18.9 Å². The summed E-state index contributed by atoms with van der Waals surface area (Å²) in [5.74, 6) is 1.35. The van der Waals surface area contributed by atoms with Crippen LogP contribution in [0.5, 0.6) is 11.5 Å². The van der Waals surface area contributed by atoms with E-state index in [1.54, 1.807) is 25.3 Å². The highest BCUT2D eigenvalue weighted by Crippen LogP contribution is 2.41. The number of ether oxygens (including phenoxy) is 2. The van der Waals surface area contributed by atoms with Crippen LogP contribution in [0, 0.1) is 0 Å². The van der Waals surface area contributed by atoms with Crippen molar-refractivity contribution in [1.82, 2.24) is 9.47 Å². The molecule has 31 heavy (non-hydrogen) atoms. The van der Waals surface area contributed by atoms with E-state index in [0.29, 0.717) is 55.0 Å². The molecular weight excluding hydrogens is 392 g/mol. The van der Waals surface area contributed by atoms with Crippen molar-refractivity contribution >= 4 is 11.7 Å². The predicted octanol–water partition coefficient (Wildman–Crippen LogP) is 4.13. The van der Waals surface area contributed by atoms with Gasteiger partial charge in [-0.25, -0.2) is 0 Å². The fraction of sp³-hybridized carbons (Fsp3) is 0.280. The number of piperidine rings is 1. The van der Waals surface area contributed by atoms with Crippen molar-refractivity contribution in [3.63, 3.8) is 0 Å². The number of carbonyl (C=O) groups excluding carboxylic acids is 2. The normalized spacial score (nSPS) is 17.2. The van der Waals surface area contributed by atoms with E-state index in [-0.39, 0.29) is 11.7 Å². The molecule has 6 nitrogen and oxygen atoms in total. The van der Waals surface area contributed by atoms with E-state index in [1.165, 1.54) is 0 Å². The Morgan fingerprint density at radius 1 is 1.03 bits per heavy atom. The number of aromatic nitrogens is 1. The number of likely N-dealkylation sites (tertiary alicyclic amines) is 1. The van der Waals surface area contributed by atoms with Gasteiger partial charge in [-0.15, -0.1) is 0 Å². The Hall–Kier alpha value is -3.54. The summed E-state index contributed by atoms with van der Waals surface area (Å²) in [5.41, 5.74) is 1.74. The molecule has 6 heteroatoms. The number of methoxy groups -OCH3 is 1. The lowest BCUT2D eigenvalue weighted by Gasteiger charge is -2.44. The number of hydrogen-bond acceptors (Lipinski definition) is 4. The van der Waals surface area contributed by atoms with Gasteiger partial charge in [-0.1, -0.05) is 0 Å². The van der Waals surface area contributed by atoms with Crippen molar-refractivity contribution in [3.05, 3.63) is 78.1 Å². The third-order valence-electron chi connectivity index (χ3n) is 6.28. The maximum Gasteiger partial charge on any atom is 0.253 e. The fourth-order valence-corrected chi connectivity index (χ4v) is 4.46. The Bertz CT molecular complexity index is 1110. The van der Waals surface area contributed by atoms with Gasteiger partial charge in [0.05, 0.1) is 19.1 Å². The van der Waals surface area contributed by atoms with Gasteiger partial charge in [-0.2, -0.15) is 0 Å². The lowest BCUT2D eigenvalue weighted by atomic mass is 9.82. The zero-order chi connectivity index (χ0) is 21.4. The van der Waals surface area contributed by atoms with E-state index in [2.05, 4.69) is 0 Å². The summed E-state index contributed by atoms with van der Waals surface area (Å²) < 4.78 is 13.6. The summed E-state index contributed by atoms with van der Waals surface area (Å²) in [7, 11) is 1.59. The van der Waals surface area contributed by atoms with Crippen LogP contribution in [0.3, 0.4) is 0 Å². The zero-order valence-electron chi connectivity index (χ0n) is 17.4. The van der Waals surface area contributed by atoms with Gasteiger partial charge in [-0.05, 0) is 48.5 Å². The molecular formula is C25H24N2O4. The molecule has 0 atom stereocenters. The molecule has 2 aromatic carbocycles. The number of fused-ring (bicyclic) bond motifs is 1. The van der Waals surface area contributed by atoms with Crippen LogP contribution in [0.4, 0.5) is 0 Å². The first-order chi connectivity index (χ1) is 15.1. The van der Waals surface area contributed by atoms with Crippen LogP contribution >= 0.6 is 0 Å². The lowest BCUT2D eigenvalue weighted by Crippen LogP contribution is -2.52. The van der Waals surface area contributed by atoms with Crippen molar-refractivity contribution in [1.29, 1.82) is 0 Å². The Labute approximate surface area is 181 Å². The number of Topliss-reactive ketones (excluding diaryl/α,β-unsaturated/α-hetero) is 1. The second kappa shape index (κ2) is 7.61. The number of rotatable bonds is 3. The van der Waals surface area contributed by atoms with Crippen LogP contribution in [0.2, 0.25) is 0 Å². The Balaban J connectivity index is 1.28. The van der Waals surface area contributed by atoms with E-state index in [0.717, 1.165) is 5.69 Å². The Morgan fingerprint density at radius 2 is 1.74 bits per heavy atom. The molecule has 2 aliphatic rings. The molecule has 1 saturated heterocycles. The molecule has 1 amide bonds. The van der Waals surface area contributed by atoms with Gasteiger partial charge in [0.25, 0.3) is 5.91 Å². The minimum atomic E-state index is -0.550. The molecule has 2 aliphatic heterocycles. The van der Waals surface area contributed by atoms with Gasteiger partial charge >= 0.3 is 0 Å². The summed E-state index contributed by atoms with van der Waals surface area (Å²) in [6.45, 7) is 1.12. The molecule has 0 N–H and O–H groups in total. The van der Waals surface area contributed by atoms with Crippen molar-refractivity contribution < 1.29 is 19.1 Å². The second-order valence-corrected chi connectivity index (χ2v) is 8.18. The largest absolute Gasteiger partial charge is 0.497 e. The quantitative estimate of drug-likeness (QED) is 0.644. The third-order valence-corrected chi connectivity index (χ3v) is 6.28. The highest BCUT2D eigenvalue weighted by atomic mass is 16.5. The first kappa shape index (κ1) is 19.4. The van der Waals surface area contributed by atoms with Gasteiger partial charge in [0.2, 0.25) is 0 Å². The Kier molecular flexibility index (Phi) is 4.77. The third kappa shape index (κ3) is 3.58. The number of carbonyl (C=O) groups is 2. The number of benzene rings is 2. The lowest BCUT2D eigenvalue weighted by molar-refractivity contribution is -0.00580. The number of nitrogens with zero attached hydrogens (tertiary/aromatic N) is 2. The molecule has 1 fully saturated rings. The SMILES string of the molecule is COc1ccc2c(c1)OC1(CCN(C(=O)c3ccc(-n4cccc4)cc3)CC1)CC2=O. The molecule has 0 saturated carbocycles. The Morgan fingerprint density at radius 3 is 2.42 bits per heavy atom. The van der Waals surface area contributed by atoms with Crippen molar-refractivity contribution in [2.75, 3.05) is 20.2 Å². The molecule has 158 valence electrons. The van der Waals surface area contributed by atoms with Crippen LogP contribution in [-0.2, 0) is 0 Å². The van der Waals surface area contributed by atoms with E-state index in [4.69, 9.17) is 9.47 Å². The van der Waals surface area contributed by atoms with Gasteiger partial charge in [0.1, 0.15) is 17.1 Å². The molecule has 0 unspecified atom stereocenters. The maximum atomic E-state index is 13.0. The van der Waals surface area contributed by atoms with Crippen LogP contribution in [0.15, 0.2) is 67.0 Å². The molecule has 5 rings (SSSR count). The molecule has 1 aromatic heterocycles. The fourth-order valence-electron chi connectivity index (χ4n) is 4.46. The average molecular weight is 416 g/mol. The van der Waals surface area contributed by atoms with Crippen LogP contribution in [0.1, 0.15) is 40.0 Å². The monoisotopic (exact) mass is 416 g/mol. The molecule has 0 bridgehead atoms. The van der Waals surface area contributed by atoms with Gasteiger partial charge in [0, 0.05) is 55.6 Å². The molecule has 3 heterocycles. The minimum Gasteiger partial charge on any atom is -0.497 e. The van der Waals surface area contributed by atoms with Crippen LogP contribution in [-0.4, -0.2) is 47.0 Å². The van der Waals surface area contributed by atoms with E-state index >= 15 is 0 Å². The molecule has 0 aliphatic carbocycles. The number of amides is 1. The standard InChI is InChI=1S/C25H24N2O4/c1-30-20-8-9-21-22(28)17-25(31-23(21)16-20)10-14-27(15-11-25)24(29)18-4-6-19(7-5-18)26-12-2-3-13-26/h2-9,12-13,16H,10-11,14-15,17H2,1H3. The maximum absolute atomic E-state index is 13.0. The zero-order valence-corrected chi connectivity index (χ0v) is 17.4. The van der Waals surface area contributed by atoms with Crippen LogP contribution < -0.4 is 9.47 Å². The highest BCUT2D eigenvalue weighted by molar-refractivity contribution is 6.00. The van der Waals surface area contributed by atoms with E-state index < -0.39 is 5.60 Å². The van der Waals surface area contributed by atoms with E-state index in [1.807, 2.05) is 58.3 Å². The first-order valence-electron chi connectivity index (χ1n) is 10.5.